The SMILES string of the molecule is Nc1ccc(C(=O)c2ccc(NC(=O)c3coc(C(N)Cc4ccccc4)n3)cc2)cc1. The quantitative estimate of drug-likeness (QED) is 0.303. The molecule has 5 N–H and O–H groups in total. The van der Waals surface area contributed by atoms with Gasteiger partial charge in [0.25, 0.3) is 5.91 Å². The van der Waals surface area contributed by atoms with E-state index in [-0.39, 0.29) is 11.5 Å². The summed E-state index contributed by atoms with van der Waals surface area (Å²) in [5, 5.41) is 2.74. The second kappa shape index (κ2) is 9.28. The summed E-state index contributed by atoms with van der Waals surface area (Å²) in [6.45, 7) is 0. The minimum atomic E-state index is -0.461. The Kier molecular flexibility index (Phi) is 6.10. The monoisotopic (exact) mass is 426 g/mol. The van der Waals surface area contributed by atoms with Crippen LogP contribution in [0.3, 0.4) is 0 Å². The zero-order valence-corrected chi connectivity index (χ0v) is 17.2. The Labute approximate surface area is 185 Å². The highest BCUT2D eigenvalue weighted by Gasteiger charge is 2.18. The van der Waals surface area contributed by atoms with Gasteiger partial charge in [0.05, 0.1) is 6.04 Å². The largest absolute Gasteiger partial charge is 0.446 e. The number of nitrogens with one attached hydrogen (secondary N) is 1. The fraction of sp³-hybridized carbons (Fsp3) is 0.0800. The van der Waals surface area contributed by atoms with Gasteiger partial charge in [-0.05, 0) is 60.5 Å². The Morgan fingerprint density at radius 2 is 1.53 bits per heavy atom. The molecular weight excluding hydrogens is 404 g/mol. The number of anilines is 2. The average molecular weight is 426 g/mol. The fourth-order valence-electron chi connectivity index (χ4n) is 3.22. The van der Waals surface area contributed by atoms with Crippen LogP contribution in [0.1, 0.15) is 43.9 Å². The lowest BCUT2D eigenvalue weighted by Crippen LogP contribution is -2.16. The summed E-state index contributed by atoms with van der Waals surface area (Å²) in [7, 11) is 0. The molecule has 0 aliphatic rings. The van der Waals surface area contributed by atoms with Gasteiger partial charge in [-0.1, -0.05) is 30.3 Å². The van der Waals surface area contributed by atoms with Crippen molar-refractivity contribution in [1.82, 2.24) is 4.98 Å². The number of rotatable bonds is 7. The third-order valence-electron chi connectivity index (χ3n) is 4.95. The van der Waals surface area contributed by atoms with Crippen molar-refractivity contribution in [2.45, 2.75) is 12.5 Å². The zero-order valence-electron chi connectivity index (χ0n) is 17.2. The van der Waals surface area contributed by atoms with E-state index in [1.165, 1.54) is 6.26 Å². The third kappa shape index (κ3) is 4.91. The third-order valence-corrected chi connectivity index (χ3v) is 4.95. The van der Waals surface area contributed by atoms with Crippen LogP contribution in [0.2, 0.25) is 0 Å². The first-order valence-electron chi connectivity index (χ1n) is 10.1. The summed E-state index contributed by atoms with van der Waals surface area (Å²) in [6, 6.07) is 22.6. The van der Waals surface area contributed by atoms with E-state index in [2.05, 4.69) is 10.3 Å². The first-order chi connectivity index (χ1) is 15.5. The van der Waals surface area contributed by atoms with Crippen LogP contribution in [-0.2, 0) is 6.42 Å². The molecule has 160 valence electrons. The lowest BCUT2D eigenvalue weighted by atomic mass is 10.0. The zero-order chi connectivity index (χ0) is 22.5. The smallest absolute Gasteiger partial charge is 0.277 e. The second-order valence-electron chi connectivity index (χ2n) is 7.35. The number of nitrogens with zero attached hydrogens (tertiary/aromatic N) is 1. The number of benzene rings is 3. The van der Waals surface area contributed by atoms with Crippen LogP contribution in [0, 0.1) is 0 Å². The van der Waals surface area contributed by atoms with E-state index in [1.54, 1.807) is 48.5 Å². The molecule has 7 nitrogen and oxygen atoms in total. The second-order valence-corrected chi connectivity index (χ2v) is 7.35. The normalized spacial score (nSPS) is 11.7. The molecule has 32 heavy (non-hydrogen) atoms. The van der Waals surface area contributed by atoms with Crippen LogP contribution in [0.15, 0.2) is 89.5 Å². The number of ketones is 1. The molecule has 1 heterocycles. The molecule has 0 saturated heterocycles. The fourth-order valence-corrected chi connectivity index (χ4v) is 3.22. The maximum absolute atomic E-state index is 12.5. The topological polar surface area (TPSA) is 124 Å². The van der Waals surface area contributed by atoms with Crippen molar-refractivity contribution >= 4 is 23.1 Å². The maximum Gasteiger partial charge on any atom is 0.277 e. The molecule has 0 radical (unpaired) electrons. The molecule has 0 fully saturated rings. The van der Waals surface area contributed by atoms with Crippen molar-refractivity contribution in [1.29, 1.82) is 0 Å². The van der Waals surface area contributed by atoms with Crippen molar-refractivity contribution in [2.75, 3.05) is 11.1 Å². The Bertz CT molecular complexity index is 1220. The standard InChI is InChI=1S/C25H22N4O3/c26-19-10-6-17(7-11-19)23(30)18-8-12-20(13-9-18)28-24(31)22-15-32-25(29-22)21(27)14-16-4-2-1-3-5-16/h1-13,15,21H,14,26-27H2,(H,28,31). The molecule has 1 amide bonds. The van der Waals surface area contributed by atoms with E-state index in [0.29, 0.717) is 34.8 Å². The first-order valence-corrected chi connectivity index (χ1v) is 10.1. The average Bonchev–Trinajstić information content (AvgIpc) is 3.31. The number of oxazole rings is 1. The number of hydrogen-bond donors (Lipinski definition) is 3. The van der Waals surface area contributed by atoms with Gasteiger partial charge in [0.15, 0.2) is 11.5 Å². The molecule has 0 aliphatic carbocycles. The van der Waals surface area contributed by atoms with Crippen molar-refractivity contribution in [3.8, 4) is 0 Å². The number of carbonyl (C=O) groups is 2. The molecule has 1 atom stereocenters. The number of carbonyl (C=O) groups excluding carboxylic acids is 2. The minimum Gasteiger partial charge on any atom is -0.446 e. The summed E-state index contributed by atoms with van der Waals surface area (Å²) < 4.78 is 5.41. The summed E-state index contributed by atoms with van der Waals surface area (Å²) in [4.78, 5) is 29.3. The predicted molar refractivity (Wildman–Crippen MR) is 122 cm³/mol. The first kappa shape index (κ1) is 21.0. The Morgan fingerprint density at radius 1 is 0.906 bits per heavy atom. The lowest BCUT2D eigenvalue weighted by Gasteiger charge is -2.07. The van der Waals surface area contributed by atoms with Crippen molar-refractivity contribution < 1.29 is 14.0 Å². The van der Waals surface area contributed by atoms with Crippen molar-refractivity contribution in [3.05, 3.63) is 113 Å². The van der Waals surface area contributed by atoms with Gasteiger partial charge in [-0.25, -0.2) is 4.98 Å². The molecule has 0 aliphatic heterocycles. The Balaban J connectivity index is 1.39. The van der Waals surface area contributed by atoms with Crippen LogP contribution in [0.5, 0.6) is 0 Å². The van der Waals surface area contributed by atoms with E-state index < -0.39 is 11.9 Å². The summed E-state index contributed by atoms with van der Waals surface area (Å²) in [5.41, 5.74) is 15.2. The highest BCUT2D eigenvalue weighted by Crippen LogP contribution is 2.18. The van der Waals surface area contributed by atoms with Gasteiger partial charge in [-0.3, -0.25) is 9.59 Å². The van der Waals surface area contributed by atoms with Gasteiger partial charge in [-0.15, -0.1) is 0 Å². The van der Waals surface area contributed by atoms with Crippen LogP contribution >= 0.6 is 0 Å². The van der Waals surface area contributed by atoms with Crippen molar-refractivity contribution in [3.63, 3.8) is 0 Å². The van der Waals surface area contributed by atoms with Crippen LogP contribution < -0.4 is 16.8 Å². The summed E-state index contributed by atoms with van der Waals surface area (Å²) in [5.74, 6) is -0.260. The molecule has 0 saturated carbocycles. The molecule has 1 aromatic heterocycles. The van der Waals surface area contributed by atoms with E-state index in [0.717, 1.165) is 5.56 Å². The highest BCUT2D eigenvalue weighted by molar-refractivity contribution is 6.09. The van der Waals surface area contributed by atoms with E-state index >= 15 is 0 Å². The van der Waals surface area contributed by atoms with E-state index in [4.69, 9.17) is 15.9 Å². The molecule has 4 rings (SSSR count). The number of hydrogen-bond acceptors (Lipinski definition) is 6. The van der Waals surface area contributed by atoms with Gasteiger partial charge in [-0.2, -0.15) is 0 Å². The Morgan fingerprint density at radius 3 is 2.19 bits per heavy atom. The van der Waals surface area contributed by atoms with E-state index in [9.17, 15) is 9.59 Å². The van der Waals surface area contributed by atoms with Crippen molar-refractivity contribution in [2.24, 2.45) is 5.73 Å². The minimum absolute atomic E-state index is 0.128. The van der Waals surface area contributed by atoms with Gasteiger partial charge >= 0.3 is 0 Å². The molecule has 1 unspecified atom stereocenters. The van der Waals surface area contributed by atoms with Gasteiger partial charge in [0, 0.05) is 22.5 Å². The summed E-state index contributed by atoms with van der Waals surface area (Å²) >= 11 is 0. The molecule has 0 spiro atoms. The molecule has 0 bridgehead atoms. The van der Waals surface area contributed by atoms with Gasteiger partial charge in [0.2, 0.25) is 5.89 Å². The van der Waals surface area contributed by atoms with Gasteiger partial charge < -0.3 is 21.2 Å². The number of aromatic nitrogens is 1. The number of amides is 1. The van der Waals surface area contributed by atoms with Gasteiger partial charge in [0.1, 0.15) is 6.26 Å². The molecular formula is C25H22N4O3. The number of nitrogen functional groups attached to an aromatic ring is 1. The lowest BCUT2D eigenvalue weighted by molar-refractivity contribution is 0.101. The van der Waals surface area contributed by atoms with E-state index in [1.807, 2.05) is 30.3 Å². The number of nitrogens with two attached hydrogens (primary N) is 2. The van der Waals surface area contributed by atoms with Crippen LogP contribution in [0.25, 0.3) is 0 Å². The highest BCUT2D eigenvalue weighted by atomic mass is 16.3. The molecule has 4 aromatic rings. The Hall–Kier alpha value is -4.23. The maximum atomic E-state index is 12.5. The molecule has 7 heteroatoms. The van der Waals surface area contributed by atoms with Crippen LogP contribution in [-0.4, -0.2) is 16.7 Å². The van der Waals surface area contributed by atoms with Crippen LogP contribution in [0.4, 0.5) is 11.4 Å². The summed E-state index contributed by atoms with van der Waals surface area (Å²) in [6.07, 6.45) is 1.83. The predicted octanol–water partition coefficient (Wildman–Crippen LogP) is 3.98. The molecule has 3 aromatic carbocycles.